The molecule has 0 saturated carbocycles. The maximum atomic E-state index is 12.6. The number of H-pyrrole nitrogens is 1. The van der Waals surface area contributed by atoms with Gasteiger partial charge >= 0.3 is 5.69 Å². The van der Waals surface area contributed by atoms with Crippen LogP contribution in [0.25, 0.3) is 17.1 Å². The number of ether oxygens (including phenoxy) is 2. The standard InChI is InChI=1S/C21H24N6O5/c1-12-9-13(2)27(24-12)20-22-18-17(19(29)23-21(30)25(18)3)26(20)10-14(28)11-32-16-7-5-15(31-4)6-8-16/h5-9,14,28H,10-11H2,1-4H3,(H,23,29,30). The van der Waals surface area contributed by atoms with E-state index >= 15 is 0 Å². The van der Waals surface area contributed by atoms with Crippen LogP contribution in [-0.2, 0) is 13.6 Å². The molecular weight excluding hydrogens is 416 g/mol. The molecule has 0 amide bonds. The molecule has 4 aromatic rings. The van der Waals surface area contributed by atoms with Crippen molar-refractivity contribution in [1.82, 2.24) is 28.9 Å². The summed E-state index contributed by atoms with van der Waals surface area (Å²) in [4.78, 5) is 31.5. The predicted octanol–water partition coefficient (Wildman–Crippen LogP) is 0.674. The monoisotopic (exact) mass is 440 g/mol. The topological polar surface area (TPSA) is 129 Å². The van der Waals surface area contributed by atoms with Gasteiger partial charge in [0.2, 0.25) is 5.95 Å². The van der Waals surface area contributed by atoms with E-state index in [1.807, 2.05) is 19.9 Å². The summed E-state index contributed by atoms with van der Waals surface area (Å²) in [6.45, 7) is 3.68. The number of hydrogen-bond donors (Lipinski definition) is 2. The van der Waals surface area contributed by atoms with Crippen LogP contribution in [0.4, 0.5) is 0 Å². The normalized spacial score (nSPS) is 12.3. The Balaban J connectivity index is 1.70. The maximum Gasteiger partial charge on any atom is 0.329 e. The Hall–Kier alpha value is -3.86. The number of aromatic amines is 1. The Morgan fingerprint density at radius 1 is 1.16 bits per heavy atom. The highest BCUT2D eigenvalue weighted by Crippen LogP contribution is 2.19. The van der Waals surface area contributed by atoms with Gasteiger partial charge in [-0.3, -0.25) is 18.9 Å². The number of nitrogens with one attached hydrogen (secondary N) is 1. The summed E-state index contributed by atoms with van der Waals surface area (Å²) in [5.41, 5.74) is 0.765. The largest absolute Gasteiger partial charge is 0.497 e. The Morgan fingerprint density at radius 3 is 2.47 bits per heavy atom. The summed E-state index contributed by atoms with van der Waals surface area (Å²) in [5.74, 6) is 1.59. The predicted molar refractivity (Wildman–Crippen MR) is 117 cm³/mol. The zero-order valence-electron chi connectivity index (χ0n) is 18.2. The summed E-state index contributed by atoms with van der Waals surface area (Å²) in [7, 11) is 3.10. The highest BCUT2D eigenvalue weighted by Gasteiger charge is 2.22. The molecule has 11 heteroatoms. The van der Waals surface area contributed by atoms with Crippen LogP contribution < -0.4 is 20.7 Å². The third-order valence-corrected chi connectivity index (χ3v) is 5.08. The molecule has 4 rings (SSSR count). The van der Waals surface area contributed by atoms with Crippen LogP contribution in [0.15, 0.2) is 39.9 Å². The number of rotatable bonds is 7. The first-order valence-corrected chi connectivity index (χ1v) is 9.96. The zero-order valence-corrected chi connectivity index (χ0v) is 18.2. The minimum absolute atomic E-state index is 0.00161. The van der Waals surface area contributed by atoms with E-state index in [0.29, 0.717) is 17.4 Å². The van der Waals surface area contributed by atoms with Crippen molar-refractivity contribution in [2.75, 3.05) is 13.7 Å². The molecule has 32 heavy (non-hydrogen) atoms. The number of fused-ring (bicyclic) bond motifs is 1. The van der Waals surface area contributed by atoms with Crippen molar-refractivity contribution in [3.05, 3.63) is 62.6 Å². The first-order valence-electron chi connectivity index (χ1n) is 9.96. The molecule has 0 bridgehead atoms. The van der Waals surface area contributed by atoms with Crippen LogP contribution >= 0.6 is 0 Å². The molecule has 3 aromatic heterocycles. The molecule has 1 atom stereocenters. The third kappa shape index (κ3) is 3.89. The first-order chi connectivity index (χ1) is 15.3. The Labute approximate surface area is 182 Å². The van der Waals surface area contributed by atoms with Gasteiger partial charge in [-0.1, -0.05) is 0 Å². The number of hydrogen-bond acceptors (Lipinski definition) is 7. The van der Waals surface area contributed by atoms with Crippen molar-refractivity contribution in [2.45, 2.75) is 26.5 Å². The average Bonchev–Trinajstić information content (AvgIpc) is 3.30. The van der Waals surface area contributed by atoms with Crippen LogP contribution in [0.1, 0.15) is 11.4 Å². The van der Waals surface area contributed by atoms with Gasteiger partial charge < -0.3 is 14.6 Å². The lowest BCUT2D eigenvalue weighted by Crippen LogP contribution is -2.31. The highest BCUT2D eigenvalue weighted by atomic mass is 16.5. The number of aliphatic hydroxyl groups excluding tert-OH is 1. The molecular formula is C21H24N6O5. The van der Waals surface area contributed by atoms with Gasteiger partial charge in [-0.05, 0) is 44.2 Å². The van der Waals surface area contributed by atoms with Crippen LogP contribution in [-0.4, -0.2) is 53.8 Å². The smallest absolute Gasteiger partial charge is 0.329 e. The van der Waals surface area contributed by atoms with Crippen molar-refractivity contribution >= 4 is 11.2 Å². The number of nitrogens with zero attached hydrogens (tertiary/aromatic N) is 5. The fraction of sp³-hybridized carbons (Fsp3) is 0.333. The fourth-order valence-electron chi connectivity index (χ4n) is 3.52. The molecule has 11 nitrogen and oxygen atoms in total. The van der Waals surface area contributed by atoms with Crippen molar-refractivity contribution in [3.8, 4) is 17.4 Å². The number of aryl methyl sites for hydroxylation is 3. The molecule has 2 N–H and O–H groups in total. The molecule has 0 spiro atoms. The molecule has 0 fully saturated rings. The van der Waals surface area contributed by atoms with Gasteiger partial charge in [-0.25, -0.2) is 9.48 Å². The quantitative estimate of drug-likeness (QED) is 0.432. The van der Waals surface area contributed by atoms with E-state index in [2.05, 4.69) is 15.1 Å². The van der Waals surface area contributed by atoms with E-state index in [-0.39, 0.29) is 24.3 Å². The van der Waals surface area contributed by atoms with Gasteiger partial charge in [-0.15, -0.1) is 0 Å². The minimum atomic E-state index is -0.971. The second-order valence-electron chi connectivity index (χ2n) is 7.49. The van der Waals surface area contributed by atoms with Crippen molar-refractivity contribution < 1.29 is 14.6 Å². The Kier molecular flexibility index (Phi) is 5.57. The fourth-order valence-corrected chi connectivity index (χ4v) is 3.52. The molecule has 168 valence electrons. The van der Waals surface area contributed by atoms with Crippen molar-refractivity contribution in [3.63, 3.8) is 0 Å². The molecule has 0 aliphatic rings. The average molecular weight is 440 g/mol. The molecule has 0 saturated heterocycles. The second-order valence-corrected chi connectivity index (χ2v) is 7.49. The van der Waals surface area contributed by atoms with Gasteiger partial charge in [0.1, 0.15) is 24.2 Å². The molecule has 3 heterocycles. The van der Waals surface area contributed by atoms with Gasteiger partial charge in [0, 0.05) is 12.7 Å². The first kappa shape index (κ1) is 21.4. The minimum Gasteiger partial charge on any atom is -0.497 e. The van der Waals surface area contributed by atoms with E-state index in [4.69, 9.17) is 9.47 Å². The van der Waals surface area contributed by atoms with E-state index in [9.17, 15) is 14.7 Å². The molecule has 1 aromatic carbocycles. The Bertz CT molecular complexity index is 1380. The Morgan fingerprint density at radius 2 is 1.84 bits per heavy atom. The summed E-state index contributed by atoms with van der Waals surface area (Å²) in [5, 5.41) is 15.1. The molecule has 0 aliphatic heterocycles. The van der Waals surface area contributed by atoms with Gasteiger partial charge in [-0.2, -0.15) is 10.1 Å². The summed E-state index contributed by atoms with van der Waals surface area (Å²) >= 11 is 0. The maximum absolute atomic E-state index is 12.6. The van der Waals surface area contributed by atoms with Crippen LogP contribution in [0.2, 0.25) is 0 Å². The third-order valence-electron chi connectivity index (χ3n) is 5.08. The number of aromatic nitrogens is 6. The second kappa shape index (κ2) is 8.35. The van der Waals surface area contributed by atoms with Crippen LogP contribution in [0.3, 0.4) is 0 Å². The van der Waals surface area contributed by atoms with E-state index in [1.54, 1.807) is 40.6 Å². The lowest BCUT2D eigenvalue weighted by Gasteiger charge is -2.16. The summed E-state index contributed by atoms with van der Waals surface area (Å²) < 4.78 is 15.2. The van der Waals surface area contributed by atoms with E-state index in [1.165, 1.54) is 11.6 Å². The van der Waals surface area contributed by atoms with Crippen molar-refractivity contribution in [1.29, 1.82) is 0 Å². The van der Waals surface area contributed by atoms with Gasteiger partial charge in [0.05, 0.1) is 19.3 Å². The van der Waals surface area contributed by atoms with Gasteiger partial charge in [0.15, 0.2) is 11.2 Å². The molecule has 0 radical (unpaired) electrons. The van der Waals surface area contributed by atoms with Crippen LogP contribution in [0.5, 0.6) is 11.5 Å². The molecule has 1 unspecified atom stereocenters. The number of aliphatic hydroxyl groups is 1. The van der Waals surface area contributed by atoms with E-state index < -0.39 is 17.4 Å². The lowest BCUT2D eigenvalue weighted by molar-refractivity contribution is 0.0932. The van der Waals surface area contributed by atoms with Crippen LogP contribution in [0, 0.1) is 13.8 Å². The van der Waals surface area contributed by atoms with Crippen molar-refractivity contribution in [2.24, 2.45) is 7.05 Å². The zero-order chi connectivity index (χ0) is 23.0. The highest BCUT2D eigenvalue weighted by molar-refractivity contribution is 5.72. The number of methoxy groups -OCH3 is 1. The van der Waals surface area contributed by atoms with Gasteiger partial charge in [0.25, 0.3) is 5.56 Å². The number of benzene rings is 1. The molecule has 0 aliphatic carbocycles. The summed E-state index contributed by atoms with van der Waals surface area (Å²) in [6.07, 6.45) is -0.971. The van der Waals surface area contributed by atoms with E-state index in [0.717, 1.165) is 11.4 Å². The lowest BCUT2D eigenvalue weighted by atomic mass is 10.3. The SMILES string of the molecule is COc1ccc(OCC(O)Cn2c(-n3nc(C)cc3C)nc3c2c(=O)[nH]c(=O)n3C)cc1. The summed E-state index contributed by atoms with van der Waals surface area (Å²) in [6, 6.07) is 8.86. The number of imidazole rings is 1.